The number of hydrogen-bond donors (Lipinski definition) is 1. The van der Waals surface area contributed by atoms with Gasteiger partial charge in [-0.1, -0.05) is 31.2 Å². The van der Waals surface area contributed by atoms with Gasteiger partial charge in [-0.3, -0.25) is 0 Å². The molecule has 3 heteroatoms. The smallest absolute Gasteiger partial charge is 0.0826 e. The molecule has 1 heterocycles. The van der Waals surface area contributed by atoms with Crippen molar-refractivity contribution in [3.8, 4) is 0 Å². The predicted molar refractivity (Wildman–Crippen MR) is 74.8 cm³/mol. The van der Waals surface area contributed by atoms with Gasteiger partial charge in [0.05, 0.1) is 12.7 Å². The van der Waals surface area contributed by atoms with Gasteiger partial charge >= 0.3 is 0 Å². The standard InChI is InChI=1S/C15H24N2O/c1-3-13-4-6-14(7-5-13)10-16-11-15-12-17(2)8-9-18-15/h4-7,15-16H,3,8-12H2,1-2H3/t15-/m0/s1. The summed E-state index contributed by atoms with van der Waals surface area (Å²) in [5.74, 6) is 0. The molecule has 18 heavy (non-hydrogen) atoms. The Morgan fingerprint density at radius 3 is 2.67 bits per heavy atom. The van der Waals surface area contributed by atoms with Crippen LogP contribution in [0.5, 0.6) is 0 Å². The molecule has 1 atom stereocenters. The fourth-order valence-corrected chi connectivity index (χ4v) is 2.26. The molecule has 0 spiro atoms. The number of likely N-dealkylation sites (N-methyl/N-ethyl adjacent to an activating group) is 1. The summed E-state index contributed by atoms with van der Waals surface area (Å²) in [5.41, 5.74) is 2.74. The van der Waals surface area contributed by atoms with Crippen LogP contribution in [0, 0.1) is 0 Å². The van der Waals surface area contributed by atoms with Gasteiger partial charge in [0, 0.05) is 26.2 Å². The zero-order valence-corrected chi connectivity index (χ0v) is 11.5. The number of hydrogen-bond acceptors (Lipinski definition) is 3. The van der Waals surface area contributed by atoms with Crippen molar-refractivity contribution in [1.29, 1.82) is 0 Å². The van der Waals surface area contributed by atoms with Crippen molar-refractivity contribution in [3.05, 3.63) is 35.4 Å². The Morgan fingerprint density at radius 2 is 2.00 bits per heavy atom. The second-order valence-corrected chi connectivity index (χ2v) is 5.06. The van der Waals surface area contributed by atoms with Gasteiger partial charge in [-0.25, -0.2) is 0 Å². The van der Waals surface area contributed by atoms with Crippen molar-refractivity contribution in [2.24, 2.45) is 0 Å². The maximum Gasteiger partial charge on any atom is 0.0826 e. The largest absolute Gasteiger partial charge is 0.374 e. The highest BCUT2D eigenvalue weighted by molar-refractivity contribution is 5.22. The fraction of sp³-hybridized carbons (Fsp3) is 0.600. The zero-order chi connectivity index (χ0) is 12.8. The predicted octanol–water partition coefficient (Wildman–Crippen LogP) is 1.67. The quantitative estimate of drug-likeness (QED) is 0.858. The highest BCUT2D eigenvalue weighted by Crippen LogP contribution is 2.05. The minimum atomic E-state index is 0.332. The van der Waals surface area contributed by atoms with Gasteiger partial charge in [-0.15, -0.1) is 0 Å². The van der Waals surface area contributed by atoms with E-state index in [0.717, 1.165) is 39.2 Å². The molecule has 1 aromatic rings. The molecule has 1 saturated heterocycles. The Balaban J connectivity index is 1.70. The number of aryl methyl sites for hydroxylation is 1. The summed E-state index contributed by atoms with van der Waals surface area (Å²) in [7, 11) is 2.15. The lowest BCUT2D eigenvalue weighted by Crippen LogP contribution is -2.44. The zero-order valence-electron chi connectivity index (χ0n) is 11.5. The van der Waals surface area contributed by atoms with Crippen molar-refractivity contribution in [1.82, 2.24) is 10.2 Å². The van der Waals surface area contributed by atoms with E-state index >= 15 is 0 Å². The molecule has 3 nitrogen and oxygen atoms in total. The molecule has 1 fully saturated rings. The van der Waals surface area contributed by atoms with Crippen LogP contribution in [0.1, 0.15) is 18.1 Å². The van der Waals surface area contributed by atoms with Crippen molar-refractivity contribution < 1.29 is 4.74 Å². The van der Waals surface area contributed by atoms with Crippen LogP contribution in [-0.2, 0) is 17.7 Å². The third kappa shape index (κ3) is 4.09. The maximum absolute atomic E-state index is 5.72. The summed E-state index contributed by atoms with van der Waals surface area (Å²) in [5, 5.41) is 3.48. The fourth-order valence-electron chi connectivity index (χ4n) is 2.26. The third-order valence-electron chi connectivity index (χ3n) is 3.47. The summed E-state index contributed by atoms with van der Waals surface area (Å²) in [4.78, 5) is 2.33. The lowest BCUT2D eigenvalue weighted by molar-refractivity contribution is -0.0182. The highest BCUT2D eigenvalue weighted by Gasteiger charge is 2.16. The Labute approximate surface area is 110 Å². The van der Waals surface area contributed by atoms with Crippen LogP contribution in [0.2, 0.25) is 0 Å². The summed E-state index contributed by atoms with van der Waals surface area (Å²) >= 11 is 0. The lowest BCUT2D eigenvalue weighted by Gasteiger charge is -2.30. The first-order chi connectivity index (χ1) is 8.78. The normalized spacial score (nSPS) is 21.1. The van der Waals surface area contributed by atoms with E-state index < -0.39 is 0 Å². The number of morpholine rings is 1. The SMILES string of the molecule is CCc1ccc(CNC[C@H]2CN(C)CCO2)cc1. The summed E-state index contributed by atoms with van der Waals surface area (Å²) in [6, 6.07) is 8.84. The van der Waals surface area contributed by atoms with Crippen LogP contribution in [0.15, 0.2) is 24.3 Å². The number of rotatable bonds is 5. The van der Waals surface area contributed by atoms with Crippen molar-refractivity contribution in [2.45, 2.75) is 26.0 Å². The Bertz CT molecular complexity index is 350. The average Bonchev–Trinajstić information content (AvgIpc) is 2.40. The summed E-state index contributed by atoms with van der Waals surface area (Å²) in [6.07, 6.45) is 1.44. The van der Waals surface area contributed by atoms with E-state index in [9.17, 15) is 0 Å². The molecule has 1 aliphatic heterocycles. The minimum Gasteiger partial charge on any atom is -0.374 e. The first kappa shape index (κ1) is 13.5. The van der Waals surface area contributed by atoms with Crippen LogP contribution >= 0.6 is 0 Å². The van der Waals surface area contributed by atoms with Crippen LogP contribution in [0.4, 0.5) is 0 Å². The number of benzene rings is 1. The lowest BCUT2D eigenvalue weighted by atomic mass is 10.1. The Hall–Kier alpha value is -0.900. The first-order valence-electron chi connectivity index (χ1n) is 6.86. The summed E-state index contributed by atoms with van der Waals surface area (Å²) < 4.78 is 5.72. The minimum absolute atomic E-state index is 0.332. The molecule has 2 rings (SSSR count). The van der Waals surface area contributed by atoms with E-state index in [0.29, 0.717) is 6.10 Å². The highest BCUT2D eigenvalue weighted by atomic mass is 16.5. The van der Waals surface area contributed by atoms with E-state index in [2.05, 4.69) is 48.5 Å². The molecule has 0 amide bonds. The number of nitrogens with one attached hydrogen (secondary N) is 1. The van der Waals surface area contributed by atoms with E-state index in [1.54, 1.807) is 0 Å². The average molecular weight is 248 g/mol. The monoisotopic (exact) mass is 248 g/mol. The summed E-state index contributed by atoms with van der Waals surface area (Å²) in [6.45, 7) is 6.97. The Morgan fingerprint density at radius 1 is 1.28 bits per heavy atom. The van der Waals surface area contributed by atoms with E-state index in [-0.39, 0.29) is 0 Å². The van der Waals surface area contributed by atoms with Gasteiger partial charge in [0.15, 0.2) is 0 Å². The van der Waals surface area contributed by atoms with Crippen LogP contribution < -0.4 is 5.32 Å². The van der Waals surface area contributed by atoms with E-state index in [4.69, 9.17) is 4.74 Å². The van der Waals surface area contributed by atoms with Gasteiger partial charge in [0.25, 0.3) is 0 Å². The molecule has 0 unspecified atom stereocenters. The van der Waals surface area contributed by atoms with Gasteiger partial charge in [0.2, 0.25) is 0 Å². The van der Waals surface area contributed by atoms with Crippen molar-refractivity contribution >= 4 is 0 Å². The molecule has 0 aromatic heterocycles. The van der Waals surface area contributed by atoms with E-state index in [1.165, 1.54) is 11.1 Å². The first-order valence-corrected chi connectivity index (χ1v) is 6.86. The van der Waals surface area contributed by atoms with Gasteiger partial charge in [-0.05, 0) is 24.6 Å². The van der Waals surface area contributed by atoms with E-state index in [1.807, 2.05) is 0 Å². The molecule has 0 bridgehead atoms. The number of ether oxygens (including phenoxy) is 1. The maximum atomic E-state index is 5.72. The van der Waals surface area contributed by atoms with Crippen molar-refractivity contribution in [3.63, 3.8) is 0 Å². The molecule has 0 saturated carbocycles. The van der Waals surface area contributed by atoms with Gasteiger partial charge in [0.1, 0.15) is 0 Å². The molecule has 0 aliphatic carbocycles. The molecular weight excluding hydrogens is 224 g/mol. The molecular formula is C15H24N2O. The van der Waals surface area contributed by atoms with Crippen LogP contribution in [0.3, 0.4) is 0 Å². The van der Waals surface area contributed by atoms with Crippen molar-refractivity contribution in [2.75, 3.05) is 33.3 Å². The van der Waals surface area contributed by atoms with Gasteiger partial charge in [-0.2, -0.15) is 0 Å². The third-order valence-corrected chi connectivity index (χ3v) is 3.47. The molecule has 1 aromatic carbocycles. The molecule has 100 valence electrons. The molecule has 0 radical (unpaired) electrons. The number of nitrogens with zero attached hydrogens (tertiary/aromatic N) is 1. The second-order valence-electron chi connectivity index (χ2n) is 5.06. The van der Waals surface area contributed by atoms with Crippen LogP contribution in [-0.4, -0.2) is 44.3 Å². The Kier molecular flexibility index (Phi) is 5.17. The molecule has 1 aliphatic rings. The topological polar surface area (TPSA) is 24.5 Å². The van der Waals surface area contributed by atoms with Crippen LogP contribution in [0.25, 0.3) is 0 Å². The molecule has 1 N–H and O–H groups in total. The second kappa shape index (κ2) is 6.88. The van der Waals surface area contributed by atoms with Gasteiger partial charge < -0.3 is 15.0 Å².